The fraction of sp³-hybridized carbons (Fsp3) is 0.481. The van der Waals surface area contributed by atoms with Gasteiger partial charge in [0.05, 0.1) is 10.6 Å². The third kappa shape index (κ3) is 4.23. The van der Waals surface area contributed by atoms with Crippen LogP contribution in [0.5, 0.6) is 5.75 Å². The number of halogens is 1. The number of hydrogen-bond donors (Lipinski definition) is 2. The first-order chi connectivity index (χ1) is 15.7. The van der Waals surface area contributed by atoms with Crippen LogP contribution in [0.4, 0.5) is 0 Å². The number of carboxylic acid groups (broad SMARTS) is 1. The van der Waals surface area contributed by atoms with Crippen molar-refractivity contribution < 1.29 is 19.4 Å². The van der Waals surface area contributed by atoms with Crippen LogP contribution in [0.3, 0.4) is 0 Å². The number of fused-ring (bicyclic) bond motifs is 1. The van der Waals surface area contributed by atoms with Crippen LogP contribution in [0.2, 0.25) is 5.02 Å². The number of nitrogens with one attached hydrogen (secondary N) is 1. The van der Waals surface area contributed by atoms with E-state index < -0.39 is 12.1 Å². The molecule has 3 aliphatic rings. The minimum Gasteiger partial charge on any atom is -0.479 e. The van der Waals surface area contributed by atoms with Crippen LogP contribution in [0.25, 0.3) is 11.1 Å². The van der Waals surface area contributed by atoms with Gasteiger partial charge in [0.15, 0.2) is 6.10 Å². The molecule has 3 fully saturated rings. The highest BCUT2D eigenvalue weighted by Crippen LogP contribution is 2.75. The molecule has 5 atom stereocenters. The van der Waals surface area contributed by atoms with Crippen molar-refractivity contribution in [3.63, 3.8) is 0 Å². The van der Waals surface area contributed by atoms with Crippen LogP contribution in [0.15, 0.2) is 42.5 Å². The standard InChI is InChI=1S/C27H30ClNO4/c1-16-10-26(12-20-13-27(20,11-16)14-26)15-29-24(30)22-9-19(5-8-23(22)28)18-3-6-21(7-4-18)33-17(2)25(31)32/h3-9,16-17,20H,10-15H2,1-2H3,(H,29,30)(H,31,32)/t16?,17-,20?,26?,27?/m0/s1. The molecule has 6 heteroatoms. The number of carboxylic acids is 1. The second-order valence-electron chi connectivity index (χ2n) is 10.7. The Labute approximate surface area is 199 Å². The van der Waals surface area contributed by atoms with Gasteiger partial charge in [0.25, 0.3) is 5.91 Å². The van der Waals surface area contributed by atoms with Crippen LogP contribution in [0.1, 0.15) is 56.3 Å². The van der Waals surface area contributed by atoms with Gasteiger partial charge >= 0.3 is 5.97 Å². The Morgan fingerprint density at radius 3 is 2.58 bits per heavy atom. The van der Waals surface area contributed by atoms with Gasteiger partial charge in [-0.15, -0.1) is 0 Å². The highest BCUT2D eigenvalue weighted by atomic mass is 35.5. The van der Waals surface area contributed by atoms with Crippen molar-refractivity contribution >= 4 is 23.5 Å². The molecular weight excluding hydrogens is 438 g/mol. The Hall–Kier alpha value is -2.53. The molecule has 2 N–H and O–H groups in total. The number of carbonyl (C=O) groups excluding carboxylic acids is 1. The van der Waals surface area contributed by atoms with Gasteiger partial charge in [-0.1, -0.05) is 36.7 Å². The van der Waals surface area contributed by atoms with Gasteiger partial charge in [-0.05, 0) is 97.1 Å². The number of aliphatic carboxylic acids is 1. The fourth-order valence-corrected chi connectivity index (χ4v) is 6.89. The zero-order chi connectivity index (χ0) is 23.4. The predicted molar refractivity (Wildman–Crippen MR) is 128 cm³/mol. The molecule has 1 amide bonds. The Morgan fingerprint density at radius 1 is 1.12 bits per heavy atom. The third-order valence-electron chi connectivity index (χ3n) is 7.98. The van der Waals surface area contributed by atoms with E-state index in [9.17, 15) is 9.59 Å². The maximum absolute atomic E-state index is 13.1. The number of rotatable bonds is 7. The first-order valence-electron chi connectivity index (χ1n) is 11.8. The predicted octanol–water partition coefficient (Wildman–Crippen LogP) is 5.81. The van der Waals surface area contributed by atoms with Crippen molar-refractivity contribution in [3.8, 4) is 16.9 Å². The molecular formula is C27H30ClNO4. The zero-order valence-electron chi connectivity index (χ0n) is 19.1. The molecule has 1 spiro atoms. The topological polar surface area (TPSA) is 75.6 Å². The molecule has 0 aromatic heterocycles. The van der Waals surface area contributed by atoms with Crippen LogP contribution < -0.4 is 10.1 Å². The molecule has 2 aromatic rings. The van der Waals surface area contributed by atoms with Gasteiger partial charge < -0.3 is 15.2 Å². The SMILES string of the molecule is CC1CC2(CNC(=O)c3cc(-c4ccc(O[C@@H](C)C(=O)O)cc4)ccc3Cl)CC3CC3(C1)C2. The lowest BCUT2D eigenvalue weighted by Gasteiger charge is -2.40. The largest absolute Gasteiger partial charge is 0.479 e. The molecule has 2 aromatic carbocycles. The number of benzene rings is 2. The van der Waals surface area contributed by atoms with Gasteiger partial charge in [-0.25, -0.2) is 4.79 Å². The minimum absolute atomic E-state index is 0.126. The number of amides is 1. The molecule has 3 saturated carbocycles. The van der Waals surface area contributed by atoms with E-state index in [1.807, 2.05) is 24.3 Å². The first-order valence-corrected chi connectivity index (χ1v) is 12.1. The molecule has 0 saturated heterocycles. The van der Waals surface area contributed by atoms with Gasteiger partial charge in [-0.3, -0.25) is 4.79 Å². The van der Waals surface area contributed by atoms with Gasteiger partial charge in [0.2, 0.25) is 0 Å². The van der Waals surface area contributed by atoms with Gasteiger partial charge in [0.1, 0.15) is 5.75 Å². The minimum atomic E-state index is -1.01. The van der Waals surface area contributed by atoms with Crippen LogP contribution in [-0.4, -0.2) is 29.6 Å². The second-order valence-corrected chi connectivity index (χ2v) is 11.1. The van der Waals surface area contributed by atoms with Gasteiger partial charge in [0, 0.05) is 6.54 Å². The van der Waals surface area contributed by atoms with E-state index in [1.165, 1.54) is 39.0 Å². The van der Waals surface area contributed by atoms with Crippen molar-refractivity contribution in [1.29, 1.82) is 0 Å². The summed E-state index contributed by atoms with van der Waals surface area (Å²) >= 11 is 6.40. The van der Waals surface area contributed by atoms with E-state index in [4.69, 9.17) is 21.4 Å². The van der Waals surface area contributed by atoms with Crippen molar-refractivity contribution in [3.05, 3.63) is 53.1 Å². The van der Waals surface area contributed by atoms with Crippen LogP contribution in [0, 0.1) is 22.7 Å². The average molecular weight is 468 g/mol. The average Bonchev–Trinajstić information content (AvgIpc) is 3.33. The maximum Gasteiger partial charge on any atom is 0.344 e. The van der Waals surface area contributed by atoms with E-state index in [-0.39, 0.29) is 11.3 Å². The summed E-state index contributed by atoms with van der Waals surface area (Å²) in [6, 6.07) is 12.6. The molecule has 5 rings (SSSR count). The van der Waals surface area contributed by atoms with E-state index in [1.54, 1.807) is 18.2 Å². The molecule has 3 aliphatic carbocycles. The molecule has 2 bridgehead atoms. The number of hydrogen-bond acceptors (Lipinski definition) is 3. The summed E-state index contributed by atoms with van der Waals surface area (Å²) in [5, 5.41) is 12.6. The summed E-state index contributed by atoms with van der Waals surface area (Å²) in [7, 11) is 0. The van der Waals surface area contributed by atoms with Crippen LogP contribution in [-0.2, 0) is 4.79 Å². The lowest BCUT2D eigenvalue weighted by Crippen LogP contribution is -2.40. The maximum atomic E-state index is 13.1. The normalized spacial score (nSPS) is 30.3. The molecule has 33 heavy (non-hydrogen) atoms. The Morgan fingerprint density at radius 2 is 1.85 bits per heavy atom. The molecule has 0 aliphatic heterocycles. The highest BCUT2D eigenvalue weighted by Gasteiger charge is 2.67. The van der Waals surface area contributed by atoms with Crippen molar-refractivity contribution in [1.82, 2.24) is 5.32 Å². The summed E-state index contributed by atoms with van der Waals surface area (Å²) in [6.07, 6.45) is 5.54. The first kappa shape index (κ1) is 22.3. The molecule has 4 unspecified atom stereocenters. The fourth-order valence-electron chi connectivity index (χ4n) is 6.69. The number of carbonyl (C=O) groups is 2. The number of ether oxygens (including phenoxy) is 1. The third-order valence-corrected chi connectivity index (χ3v) is 8.31. The van der Waals surface area contributed by atoms with Crippen molar-refractivity contribution in [2.75, 3.05) is 6.54 Å². The van der Waals surface area contributed by atoms with E-state index in [2.05, 4.69) is 12.2 Å². The van der Waals surface area contributed by atoms with Gasteiger partial charge in [-0.2, -0.15) is 0 Å². The summed E-state index contributed by atoms with van der Waals surface area (Å²) in [4.78, 5) is 24.1. The van der Waals surface area contributed by atoms with Crippen LogP contribution >= 0.6 is 11.6 Å². The second kappa shape index (κ2) is 8.05. The Balaban J connectivity index is 1.28. The summed E-state index contributed by atoms with van der Waals surface area (Å²) < 4.78 is 5.39. The summed E-state index contributed by atoms with van der Waals surface area (Å²) in [5.41, 5.74) is 3.08. The smallest absolute Gasteiger partial charge is 0.344 e. The quantitative estimate of drug-likeness (QED) is 0.539. The lowest BCUT2D eigenvalue weighted by atomic mass is 9.67. The monoisotopic (exact) mass is 467 g/mol. The Bertz CT molecular complexity index is 1100. The molecule has 5 nitrogen and oxygen atoms in total. The van der Waals surface area contributed by atoms with E-state index in [0.717, 1.165) is 29.5 Å². The zero-order valence-corrected chi connectivity index (χ0v) is 19.8. The van der Waals surface area contributed by atoms with E-state index >= 15 is 0 Å². The molecule has 0 radical (unpaired) electrons. The van der Waals surface area contributed by atoms with Crippen molar-refractivity contribution in [2.24, 2.45) is 22.7 Å². The summed E-state index contributed by atoms with van der Waals surface area (Å²) in [5.74, 6) is 0.949. The summed E-state index contributed by atoms with van der Waals surface area (Å²) in [6.45, 7) is 4.57. The highest BCUT2D eigenvalue weighted by molar-refractivity contribution is 6.34. The van der Waals surface area contributed by atoms with Crippen molar-refractivity contribution in [2.45, 2.75) is 52.1 Å². The molecule has 0 heterocycles. The lowest BCUT2D eigenvalue weighted by molar-refractivity contribution is -0.144. The molecule has 174 valence electrons. The Kier molecular flexibility index (Phi) is 5.43. The van der Waals surface area contributed by atoms with E-state index in [0.29, 0.717) is 21.8 Å².